The van der Waals surface area contributed by atoms with Gasteiger partial charge >= 0.3 is 0 Å². The van der Waals surface area contributed by atoms with Crippen molar-refractivity contribution in [2.45, 2.75) is 12.8 Å². The van der Waals surface area contributed by atoms with Gasteiger partial charge in [-0.25, -0.2) is 0 Å². The summed E-state index contributed by atoms with van der Waals surface area (Å²) in [5.41, 5.74) is 2.36. The lowest BCUT2D eigenvalue weighted by Gasteiger charge is -2.13. The SMILES string of the molecule is O=C(CC(C=C(Br)c1ccccc1)CC(=O)c1ccccc1)c1ccccc1. The van der Waals surface area contributed by atoms with Gasteiger partial charge < -0.3 is 0 Å². The van der Waals surface area contributed by atoms with E-state index >= 15 is 0 Å². The summed E-state index contributed by atoms with van der Waals surface area (Å²) in [6.07, 6.45) is 2.55. The minimum atomic E-state index is -0.199. The average Bonchev–Trinajstić information content (AvgIpc) is 2.75. The lowest BCUT2D eigenvalue weighted by atomic mass is 9.91. The van der Waals surface area contributed by atoms with Gasteiger partial charge in [0.1, 0.15) is 0 Å². The molecule has 0 amide bonds. The van der Waals surface area contributed by atoms with Gasteiger partial charge in [0.15, 0.2) is 11.6 Å². The third kappa shape index (κ3) is 5.61. The zero-order chi connectivity index (χ0) is 19.8. The Morgan fingerprint density at radius 3 is 1.39 bits per heavy atom. The molecule has 0 fully saturated rings. The number of Topliss-reactive ketones (excluding diaryl/α,β-unsaturated/α-hetero) is 2. The number of benzene rings is 3. The predicted octanol–water partition coefficient (Wildman–Crippen LogP) is 6.58. The first kappa shape index (κ1) is 20.0. The van der Waals surface area contributed by atoms with Gasteiger partial charge in [0.05, 0.1) is 0 Å². The van der Waals surface area contributed by atoms with Crippen LogP contribution in [-0.4, -0.2) is 11.6 Å². The number of hydrogen-bond acceptors (Lipinski definition) is 2. The van der Waals surface area contributed by atoms with Gasteiger partial charge in [-0.2, -0.15) is 0 Å². The molecule has 3 rings (SSSR count). The van der Waals surface area contributed by atoms with E-state index < -0.39 is 0 Å². The summed E-state index contributed by atoms with van der Waals surface area (Å²) in [5, 5.41) is 0. The molecule has 0 spiro atoms. The fourth-order valence-corrected chi connectivity index (χ4v) is 3.69. The van der Waals surface area contributed by atoms with Crippen LogP contribution >= 0.6 is 15.9 Å². The van der Waals surface area contributed by atoms with Crippen LogP contribution in [0.4, 0.5) is 0 Å². The average molecular weight is 433 g/mol. The van der Waals surface area contributed by atoms with E-state index in [0.29, 0.717) is 11.1 Å². The Balaban J connectivity index is 1.83. The highest BCUT2D eigenvalue weighted by molar-refractivity contribution is 9.15. The molecule has 0 aliphatic rings. The molecule has 0 aromatic heterocycles. The number of carbonyl (C=O) groups excluding carboxylic acids is 2. The van der Waals surface area contributed by atoms with Gasteiger partial charge in [-0.3, -0.25) is 9.59 Å². The second-order valence-electron chi connectivity index (χ2n) is 6.63. The lowest BCUT2D eigenvalue weighted by molar-refractivity contribution is 0.0937. The molecule has 0 bridgehead atoms. The molecule has 3 heteroatoms. The lowest BCUT2D eigenvalue weighted by Crippen LogP contribution is -2.12. The summed E-state index contributed by atoms with van der Waals surface area (Å²) < 4.78 is 0.889. The Morgan fingerprint density at radius 2 is 1.00 bits per heavy atom. The third-order valence-electron chi connectivity index (χ3n) is 4.52. The number of rotatable bonds is 8. The molecule has 0 saturated heterocycles. The summed E-state index contributed by atoms with van der Waals surface area (Å²) in [6.45, 7) is 0. The molecule has 0 saturated carbocycles. The minimum Gasteiger partial charge on any atom is -0.294 e. The second-order valence-corrected chi connectivity index (χ2v) is 7.48. The molecular weight excluding hydrogens is 412 g/mol. The van der Waals surface area contributed by atoms with Crippen LogP contribution in [0, 0.1) is 5.92 Å². The Hall–Kier alpha value is -2.78. The first-order valence-corrected chi connectivity index (χ1v) is 10.0. The molecule has 0 atom stereocenters. The highest BCUT2D eigenvalue weighted by Gasteiger charge is 2.18. The Kier molecular flexibility index (Phi) is 7.10. The van der Waals surface area contributed by atoms with Crippen molar-refractivity contribution in [2.75, 3.05) is 0 Å². The van der Waals surface area contributed by atoms with Gasteiger partial charge in [0.2, 0.25) is 0 Å². The van der Waals surface area contributed by atoms with Crippen LogP contribution in [0.2, 0.25) is 0 Å². The van der Waals surface area contributed by atoms with E-state index in [1.54, 1.807) is 0 Å². The summed E-state index contributed by atoms with van der Waals surface area (Å²) in [5.74, 6) is -0.123. The summed E-state index contributed by atoms with van der Waals surface area (Å²) in [6, 6.07) is 28.3. The normalized spacial score (nSPS) is 11.4. The molecule has 3 aromatic carbocycles. The largest absolute Gasteiger partial charge is 0.294 e. The van der Waals surface area contributed by atoms with Crippen LogP contribution in [0.15, 0.2) is 97.1 Å². The van der Waals surface area contributed by atoms with Gasteiger partial charge in [-0.15, -0.1) is 0 Å². The van der Waals surface area contributed by atoms with Crippen molar-refractivity contribution in [3.05, 3.63) is 114 Å². The maximum atomic E-state index is 12.7. The van der Waals surface area contributed by atoms with Gasteiger partial charge in [-0.1, -0.05) is 113 Å². The number of allylic oxidation sites excluding steroid dienone is 1. The van der Waals surface area contributed by atoms with E-state index in [4.69, 9.17) is 0 Å². The molecular formula is C25H21BrO2. The maximum Gasteiger partial charge on any atom is 0.163 e. The van der Waals surface area contributed by atoms with Crippen molar-refractivity contribution in [3.8, 4) is 0 Å². The smallest absolute Gasteiger partial charge is 0.163 e. The van der Waals surface area contributed by atoms with Crippen molar-refractivity contribution in [3.63, 3.8) is 0 Å². The van der Waals surface area contributed by atoms with Crippen molar-refractivity contribution in [1.29, 1.82) is 0 Å². The van der Waals surface area contributed by atoms with Gasteiger partial charge in [-0.05, 0) is 11.5 Å². The van der Waals surface area contributed by atoms with Crippen molar-refractivity contribution < 1.29 is 9.59 Å². The molecule has 0 heterocycles. The maximum absolute atomic E-state index is 12.7. The molecule has 0 aliphatic heterocycles. The van der Waals surface area contributed by atoms with Crippen LogP contribution in [0.25, 0.3) is 4.48 Å². The Bertz CT molecular complexity index is 894. The standard InChI is InChI=1S/C25H21BrO2/c26-23(20-10-4-1-5-11-20)16-19(17-24(27)21-12-6-2-7-13-21)18-25(28)22-14-8-3-9-15-22/h1-16,19H,17-18H2. The third-order valence-corrected chi connectivity index (χ3v) is 5.24. The van der Waals surface area contributed by atoms with Crippen LogP contribution in [0.1, 0.15) is 39.1 Å². The van der Waals surface area contributed by atoms with E-state index in [2.05, 4.69) is 15.9 Å². The van der Waals surface area contributed by atoms with Crippen LogP contribution < -0.4 is 0 Å². The fraction of sp³-hybridized carbons (Fsp3) is 0.120. The predicted molar refractivity (Wildman–Crippen MR) is 118 cm³/mol. The van der Waals surface area contributed by atoms with Gasteiger partial charge in [0.25, 0.3) is 0 Å². The minimum absolute atomic E-state index is 0.0380. The van der Waals surface area contributed by atoms with E-state index in [9.17, 15) is 9.59 Å². The van der Waals surface area contributed by atoms with Crippen LogP contribution in [0.3, 0.4) is 0 Å². The van der Waals surface area contributed by atoms with Crippen LogP contribution in [-0.2, 0) is 0 Å². The van der Waals surface area contributed by atoms with E-state index in [0.717, 1.165) is 10.0 Å². The highest BCUT2D eigenvalue weighted by Crippen LogP contribution is 2.27. The Labute approximate surface area is 174 Å². The molecule has 3 aromatic rings. The highest BCUT2D eigenvalue weighted by atomic mass is 79.9. The van der Waals surface area contributed by atoms with Gasteiger partial charge in [0, 0.05) is 28.5 Å². The monoisotopic (exact) mass is 432 g/mol. The zero-order valence-electron chi connectivity index (χ0n) is 15.4. The molecule has 0 radical (unpaired) electrons. The van der Waals surface area contributed by atoms with E-state index in [-0.39, 0.29) is 30.3 Å². The van der Waals surface area contributed by atoms with E-state index in [1.165, 1.54) is 0 Å². The first-order chi connectivity index (χ1) is 13.6. The molecule has 28 heavy (non-hydrogen) atoms. The van der Waals surface area contributed by atoms with Crippen LogP contribution in [0.5, 0.6) is 0 Å². The second kappa shape index (κ2) is 9.95. The molecule has 0 N–H and O–H groups in total. The first-order valence-electron chi connectivity index (χ1n) is 9.22. The quantitative estimate of drug-likeness (QED) is 0.376. The number of ketones is 2. The van der Waals surface area contributed by atoms with E-state index in [1.807, 2.05) is 97.1 Å². The van der Waals surface area contributed by atoms with Crippen molar-refractivity contribution in [2.24, 2.45) is 5.92 Å². The number of carbonyl (C=O) groups is 2. The number of hydrogen-bond donors (Lipinski definition) is 0. The zero-order valence-corrected chi connectivity index (χ0v) is 17.0. The topological polar surface area (TPSA) is 34.1 Å². The summed E-state index contributed by atoms with van der Waals surface area (Å²) >= 11 is 3.62. The molecule has 0 aliphatic carbocycles. The van der Waals surface area contributed by atoms with Crippen molar-refractivity contribution >= 4 is 32.0 Å². The molecule has 0 unspecified atom stereocenters. The summed E-state index contributed by atoms with van der Waals surface area (Å²) in [4.78, 5) is 25.5. The molecule has 140 valence electrons. The number of halogens is 1. The fourth-order valence-electron chi connectivity index (χ4n) is 3.05. The molecule has 2 nitrogen and oxygen atoms in total. The summed E-state index contributed by atoms with van der Waals surface area (Å²) in [7, 11) is 0. The Morgan fingerprint density at radius 1 is 0.643 bits per heavy atom. The van der Waals surface area contributed by atoms with Crippen molar-refractivity contribution in [1.82, 2.24) is 0 Å².